The van der Waals surface area contributed by atoms with Crippen LogP contribution in [-0.4, -0.2) is 21.6 Å². The molecule has 0 spiro atoms. The van der Waals surface area contributed by atoms with Gasteiger partial charge in [-0.1, -0.05) is 11.6 Å². The molecule has 0 saturated heterocycles. The highest BCUT2D eigenvalue weighted by atomic mass is 35.5. The van der Waals surface area contributed by atoms with Gasteiger partial charge in [0.2, 0.25) is 0 Å². The molecule has 104 valence electrons. The Morgan fingerprint density at radius 2 is 2.00 bits per heavy atom. The summed E-state index contributed by atoms with van der Waals surface area (Å²) in [6.07, 6.45) is 1.56. The third kappa shape index (κ3) is 2.97. The maximum absolute atomic E-state index is 12.1. The lowest BCUT2D eigenvalue weighted by molar-refractivity contribution is 0.0995. The molecule has 0 aliphatic heterocycles. The number of primary amides is 1. The molecule has 0 aliphatic rings. The van der Waals surface area contributed by atoms with Crippen molar-refractivity contribution in [1.82, 2.24) is 9.78 Å². The quantitative estimate of drug-likeness (QED) is 0.902. The number of halogens is 1. The number of nitrogens with one attached hydrogen (secondary N) is 1. The van der Waals surface area contributed by atoms with Crippen LogP contribution in [-0.2, 0) is 6.54 Å². The molecule has 7 heteroatoms. The molecule has 0 atom stereocenters. The average Bonchev–Trinajstić information content (AvgIpc) is 2.82. The molecule has 0 saturated carbocycles. The second kappa shape index (κ2) is 5.75. The van der Waals surface area contributed by atoms with E-state index in [9.17, 15) is 9.59 Å². The number of nitrogens with zero attached hydrogens (tertiary/aromatic N) is 2. The Hall–Kier alpha value is -2.34. The van der Waals surface area contributed by atoms with Crippen LogP contribution in [0, 0.1) is 0 Å². The van der Waals surface area contributed by atoms with Gasteiger partial charge in [0.15, 0.2) is 5.69 Å². The van der Waals surface area contributed by atoms with E-state index in [1.54, 1.807) is 30.5 Å². The van der Waals surface area contributed by atoms with Gasteiger partial charge in [-0.05, 0) is 31.2 Å². The summed E-state index contributed by atoms with van der Waals surface area (Å²) in [6.45, 7) is 2.43. The van der Waals surface area contributed by atoms with Crippen LogP contribution in [0.2, 0.25) is 5.02 Å². The second-order valence-corrected chi connectivity index (χ2v) is 4.51. The Bertz CT molecular complexity index is 649. The van der Waals surface area contributed by atoms with Crippen molar-refractivity contribution in [3.05, 3.63) is 46.7 Å². The van der Waals surface area contributed by atoms with Crippen LogP contribution in [0.5, 0.6) is 0 Å². The van der Waals surface area contributed by atoms with Crippen LogP contribution >= 0.6 is 11.6 Å². The average molecular weight is 293 g/mol. The highest BCUT2D eigenvalue weighted by molar-refractivity contribution is 6.30. The topological polar surface area (TPSA) is 90.0 Å². The minimum atomic E-state index is -0.691. The maximum Gasteiger partial charge on any atom is 0.271 e. The van der Waals surface area contributed by atoms with Crippen molar-refractivity contribution in [1.29, 1.82) is 0 Å². The van der Waals surface area contributed by atoms with Crippen molar-refractivity contribution in [2.24, 2.45) is 5.73 Å². The largest absolute Gasteiger partial charge is 0.364 e. The van der Waals surface area contributed by atoms with E-state index in [4.69, 9.17) is 17.3 Å². The third-order valence-corrected chi connectivity index (χ3v) is 2.93. The van der Waals surface area contributed by atoms with Gasteiger partial charge in [-0.15, -0.1) is 0 Å². The number of aryl methyl sites for hydroxylation is 1. The van der Waals surface area contributed by atoms with Crippen LogP contribution in [0.25, 0.3) is 0 Å². The summed E-state index contributed by atoms with van der Waals surface area (Å²) in [6, 6.07) is 6.40. The monoisotopic (exact) mass is 292 g/mol. The highest BCUT2D eigenvalue weighted by Crippen LogP contribution is 2.16. The summed E-state index contributed by atoms with van der Waals surface area (Å²) in [7, 11) is 0. The Labute approximate surface area is 120 Å². The van der Waals surface area contributed by atoms with Gasteiger partial charge in [0.1, 0.15) is 0 Å². The fourth-order valence-corrected chi connectivity index (χ4v) is 1.78. The second-order valence-electron chi connectivity index (χ2n) is 4.07. The van der Waals surface area contributed by atoms with Crippen LogP contribution in [0.4, 0.5) is 5.69 Å². The SMILES string of the molecule is CCn1cc(NC(=O)c2ccc(Cl)cc2)c(C(N)=O)n1. The number of hydrogen-bond donors (Lipinski definition) is 2. The minimum Gasteiger partial charge on any atom is -0.364 e. The zero-order valence-corrected chi connectivity index (χ0v) is 11.5. The molecular formula is C13H13ClN4O2. The lowest BCUT2D eigenvalue weighted by Gasteiger charge is -2.03. The molecule has 2 aromatic rings. The molecule has 6 nitrogen and oxygen atoms in total. The number of nitrogens with two attached hydrogens (primary N) is 1. The van der Waals surface area contributed by atoms with Gasteiger partial charge in [0.05, 0.1) is 5.69 Å². The number of aromatic nitrogens is 2. The summed E-state index contributed by atoms with van der Waals surface area (Å²) in [5.74, 6) is -1.05. The number of carbonyl (C=O) groups excluding carboxylic acids is 2. The van der Waals surface area contributed by atoms with Crippen molar-refractivity contribution in [2.75, 3.05) is 5.32 Å². The molecule has 20 heavy (non-hydrogen) atoms. The molecule has 1 aromatic carbocycles. The van der Waals surface area contributed by atoms with Gasteiger partial charge in [-0.3, -0.25) is 14.3 Å². The smallest absolute Gasteiger partial charge is 0.271 e. The Morgan fingerprint density at radius 3 is 2.55 bits per heavy atom. The normalized spacial score (nSPS) is 10.3. The molecule has 0 aliphatic carbocycles. The fourth-order valence-electron chi connectivity index (χ4n) is 1.65. The first-order valence-corrected chi connectivity index (χ1v) is 6.33. The number of benzene rings is 1. The molecule has 1 aromatic heterocycles. The van der Waals surface area contributed by atoms with Gasteiger partial charge >= 0.3 is 0 Å². The molecule has 3 N–H and O–H groups in total. The number of amides is 2. The standard InChI is InChI=1S/C13H13ClN4O2/c1-2-18-7-10(11(17-18)12(15)19)16-13(20)8-3-5-9(14)6-4-8/h3-7H,2H2,1H3,(H2,15,19)(H,16,20). The van der Waals surface area contributed by atoms with Crippen LogP contribution in [0.3, 0.4) is 0 Å². The van der Waals surface area contributed by atoms with Crippen LogP contribution in [0.1, 0.15) is 27.8 Å². The van der Waals surface area contributed by atoms with E-state index >= 15 is 0 Å². The zero-order valence-electron chi connectivity index (χ0n) is 10.8. The first kappa shape index (κ1) is 14.1. The van der Waals surface area contributed by atoms with E-state index in [0.717, 1.165) is 0 Å². The van der Waals surface area contributed by atoms with Crippen molar-refractivity contribution in [3.8, 4) is 0 Å². The number of carbonyl (C=O) groups is 2. The molecule has 2 amide bonds. The molecule has 0 bridgehead atoms. The molecule has 2 rings (SSSR count). The summed E-state index contributed by atoms with van der Waals surface area (Å²) in [4.78, 5) is 23.3. The lowest BCUT2D eigenvalue weighted by Crippen LogP contribution is -2.17. The van der Waals surface area contributed by atoms with E-state index in [1.165, 1.54) is 4.68 Å². The molecule has 0 unspecified atom stereocenters. The maximum atomic E-state index is 12.1. The van der Waals surface area contributed by atoms with Crippen molar-refractivity contribution in [3.63, 3.8) is 0 Å². The zero-order chi connectivity index (χ0) is 14.7. The molecule has 1 heterocycles. The first-order valence-electron chi connectivity index (χ1n) is 5.95. The number of hydrogen-bond acceptors (Lipinski definition) is 3. The fraction of sp³-hybridized carbons (Fsp3) is 0.154. The summed E-state index contributed by atoms with van der Waals surface area (Å²) in [5, 5.41) is 7.15. The van der Waals surface area contributed by atoms with E-state index in [2.05, 4.69) is 10.4 Å². The summed E-state index contributed by atoms with van der Waals surface area (Å²) >= 11 is 5.76. The Morgan fingerprint density at radius 1 is 1.35 bits per heavy atom. The van der Waals surface area contributed by atoms with Gasteiger partial charge in [-0.25, -0.2) is 0 Å². The predicted molar refractivity (Wildman–Crippen MR) is 75.8 cm³/mol. The van der Waals surface area contributed by atoms with E-state index in [0.29, 0.717) is 22.8 Å². The van der Waals surface area contributed by atoms with Gasteiger partial charge < -0.3 is 11.1 Å². The minimum absolute atomic E-state index is 0.0363. The van der Waals surface area contributed by atoms with Crippen molar-refractivity contribution < 1.29 is 9.59 Å². The third-order valence-electron chi connectivity index (χ3n) is 2.67. The highest BCUT2D eigenvalue weighted by Gasteiger charge is 2.16. The van der Waals surface area contributed by atoms with Crippen molar-refractivity contribution in [2.45, 2.75) is 13.5 Å². The molecule has 0 fully saturated rings. The summed E-state index contributed by atoms with van der Waals surface area (Å²) in [5.41, 5.74) is 5.99. The van der Waals surface area contributed by atoms with Crippen LogP contribution in [0.15, 0.2) is 30.5 Å². The summed E-state index contributed by atoms with van der Waals surface area (Å²) < 4.78 is 1.53. The Balaban J connectivity index is 2.25. The van der Waals surface area contributed by atoms with Gasteiger partial charge in [0, 0.05) is 23.3 Å². The van der Waals surface area contributed by atoms with Gasteiger partial charge in [-0.2, -0.15) is 5.10 Å². The van der Waals surface area contributed by atoms with E-state index in [-0.39, 0.29) is 11.6 Å². The van der Waals surface area contributed by atoms with E-state index < -0.39 is 5.91 Å². The molecular weight excluding hydrogens is 280 g/mol. The van der Waals surface area contributed by atoms with Gasteiger partial charge in [0.25, 0.3) is 11.8 Å². The van der Waals surface area contributed by atoms with Crippen LogP contribution < -0.4 is 11.1 Å². The Kier molecular flexibility index (Phi) is 4.05. The lowest BCUT2D eigenvalue weighted by atomic mass is 10.2. The number of rotatable bonds is 4. The van der Waals surface area contributed by atoms with E-state index in [1.807, 2.05) is 6.92 Å². The van der Waals surface area contributed by atoms with Crippen molar-refractivity contribution >= 4 is 29.1 Å². The number of anilines is 1. The first-order chi connectivity index (χ1) is 9.51. The predicted octanol–water partition coefficient (Wildman–Crippen LogP) is 1.91. The molecule has 0 radical (unpaired) electrons.